The fraction of sp³-hybridized carbons (Fsp3) is 0.136. The standard InChI is InChI=1S/C22H22N2O4S/c1-17-10-6-7-13-19(17)23-22(25)16-24(29(2,26)27)20-14-8-9-15-21(20)28-18-11-4-3-5-12-18/h3-15H,16H2,1-2H3,(H,23,25). The lowest BCUT2D eigenvalue weighted by Crippen LogP contribution is -2.37. The molecule has 6 nitrogen and oxygen atoms in total. The Bertz CT molecular complexity index is 1100. The van der Waals surface area contributed by atoms with Crippen molar-refractivity contribution < 1.29 is 17.9 Å². The number of benzene rings is 3. The Hall–Kier alpha value is -3.32. The second-order valence-corrected chi connectivity index (χ2v) is 8.42. The number of amides is 1. The van der Waals surface area contributed by atoms with Crippen LogP contribution in [0.2, 0.25) is 0 Å². The van der Waals surface area contributed by atoms with Gasteiger partial charge in [0.25, 0.3) is 0 Å². The highest BCUT2D eigenvalue weighted by atomic mass is 32.2. The molecule has 0 bridgehead atoms. The first-order valence-electron chi connectivity index (χ1n) is 9.00. The van der Waals surface area contributed by atoms with Crippen LogP contribution >= 0.6 is 0 Å². The quantitative estimate of drug-likeness (QED) is 0.634. The second-order valence-electron chi connectivity index (χ2n) is 6.52. The van der Waals surface area contributed by atoms with Gasteiger partial charge in [-0.05, 0) is 42.8 Å². The second kappa shape index (κ2) is 8.79. The Labute approximate surface area is 170 Å². The van der Waals surface area contributed by atoms with Gasteiger partial charge >= 0.3 is 0 Å². The maximum Gasteiger partial charge on any atom is 0.245 e. The van der Waals surface area contributed by atoms with Crippen LogP contribution in [0.4, 0.5) is 11.4 Å². The summed E-state index contributed by atoms with van der Waals surface area (Å²) in [6.07, 6.45) is 1.06. The van der Waals surface area contributed by atoms with Crippen molar-refractivity contribution in [1.82, 2.24) is 0 Å². The van der Waals surface area contributed by atoms with Crippen molar-refractivity contribution >= 4 is 27.3 Å². The minimum Gasteiger partial charge on any atom is -0.455 e. The molecule has 29 heavy (non-hydrogen) atoms. The van der Waals surface area contributed by atoms with Gasteiger partial charge in [-0.25, -0.2) is 8.42 Å². The number of ether oxygens (including phenoxy) is 1. The number of aryl methyl sites for hydroxylation is 1. The van der Waals surface area contributed by atoms with Crippen molar-refractivity contribution in [2.45, 2.75) is 6.92 Å². The highest BCUT2D eigenvalue weighted by Gasteiger charge is 2.24. The van der Waals surface area contributed by atoms with E-state index in [-0.39, 0.29) is 6.54 Å². The molecule has 3 aromatic rings. The summed E-state index contributed by atoms with van der Waals surface area (Å²) in [6, 6.07) is 23.1. The van der Waals surface area contributed by atoms with E-state index < -0.39 is 15.9 Å². The van der Waals surface area contributed by atoms with Gasteiger partial charge in [0.15, 0.2) is 5.75 Å². The monoisotopic (exact) mass is 410 g/mol. The SMILES string of the molecule is Cc1ccccc1NC(=O)CN(c1ccccc1Oc1ccccc1)S(C)(=O)=O. The van der Waals surface area contributed by atoms with Gasteiger partial charge in [-0.3, -0.25) is 9.10 Å². The molecule has 0 atom stereocenters. The Morgan fingerprint density at radius 3 is 2.24 bits per heavy atom. The van der Waals surface area contributed by atoms with Gasteiger partial charge in [0, 0.05) is 5.69 Å². The van der Waals surface area contributed by atoms with Gasteiger partial charge in [0.2, 0.25) is 15.9 Å². The summed E-state index contributed by atoms with van der Waals surface area (Å²) in [7, 11) is -3.74. The molecule has 0 unspecified atom stereocenters. The lowest BCUT2D eigenvalue weighted by molar-refractivity contribution is -0.114. The predicted octanol–water partition coefficient (Wildman–Crippen LogP) is 4.19. The summed E-state index contributed by atoms with van der Waals surface area (Å²) in [5.74, 6) is 0.463. The topological polar surface area (TPSA) is 75.7 Å². The minimum absolute atomic E-state index is 0.291. The third kappa shape index (κ3) is 5.36. The lowest BCUT2D eigenvalue weighted by Gasteiger charge is -2.24. The van der Waals surface area contributed by atoms with Crippen LogP contribution in [0.1, 0.15) is 5.56 Å². The van der Waals surface area contributed by atoms with Crippen LogP contribution in [0.3, 0.4) is 0 Å². The molecule has 0 aliphatic carbocycles. The van der Waals surface area contributed by atoms with E-state index in [1.165, 1.54) is 0 Å². The third-order valence-electron chi connectivity index (χ3n) is 4.21. The Balaban J connectivity index is 1.88. The van der Waals surface area contributed by atoms with Crippen molar-refractivity contribution in [2.24, 2.45) is 0 Å². The number of nitrogens with zero attached hydrogens (tertiary/aromatic N) is 1. The molecular weight excluding hydrogens is 388 g/mol. The van der Waals surface area contributed by atoms with E-state index in [9.17, 15) is 13.2 Å². The minimum atomic E-state index is -3.74. The van der Waals surface area contributed by atoms with E-state index in [2.05, 4.69) is 5.32 Å². The fourth-order valence-corrected chi connectivity index (χ4v) is 3.64. The summed E-state index contributed by atoms with van der Waals surface area (Å²) in [5.41, 5.74) is 1.82. The number of carbonyl (C=O) groups is 1. The van der Waals surface area contributed by atoms with Crippen molar-refractivity contribution in [3.8, 4) is 11.5 Å². The summed E-state index contributed by atoms with van der Waals surface area (Å²) < 4.78 is 31.9. The average molecular weight is 410 g/mol. The van der Waals surface area contributed by atoms with Crippen LogP contribution in [0, 0.1) is 6.92 Å². The summed E-state index contributed by atoms with van der Waals surface area (Å²) in [4.78, 5) is 12.6. The molecule has 0 heterocycles. The predicted molar refractivity (Wildman–Crippen MR) is 115 cm³/mol. The number of nitrogens with one attached hydrogen (secondary N) is 1. The Morgan fingerprint density at radius 1 is 0.931 bits per heavy atom. The maximum atomic E-state index is 12.6. The van der Waals surface area contributed by atoms with Crippen LogP contribution < -0.4 is 14.4 Å². The number of rotatable bonds is 7. The zero-order valence-corrected chi connectivity index (χ0v) is 17.0. The molecule has 1 N–H and O–H groups in total. The Morgan fingerprint density at radius 2 is 1.55 bits per heavy atom. The molecule has 0 aliphatic rings. The van der Waals surface area contributed by atoms with Crippen LogP contribution in [0.25, 0.3) is 0 Å². The molecule has 0 aromatic heterocycles. The number of para-hydroxylation sites is 4. The highest BCUT2D eigenvalue weighted by molar-refractivity contribution is 7.92. The molecule has 1 amide bonds. The highest BCUT2D eigenvalue weighted by Crippen LogP contribution is 2.33. The zero-order chi connectivity index (χ0) is 20.9. The van der Waals surface area contributed by atoms with Crippen molar-refractivity contribution in [3.63, 3.8) is 0 Å². The number of anilines is 2. The molecule has 150 valence electrons. The number of sulfonamides is 1. The van der Waals surface area contributed by atoms with E-state index in [0.717, 1.165) is 16.1 Å². The smallest absolute Gasteiger partial charge is 0.245 e. The van der Waals surface area contributed by atoms with Gasteiger partial charge in [0.1, 0.15) is 12.3 Å². The van der Waals surface area contributed by atoms with Crippen LogP contribution in [0.15, 0.2) is 78.9 Å². The molecule has 0 saturated carbocycles. The molecule has 3 aromatic carbocycles. The number of hydrogen-bond acceptors (Lipinski definition) is 4. The largest absolute Gasteiger partial charge is 0.455 e. The lowest BCUT2D eigenvalue weighted by atomic mass is 10.2. The van der Waals surface area contributed by atoms with E-state index in [0.29, 0.717) is 22.9 Å². The molecule has 0 spiro atoms. The number of carbonyl (C=O) groups excluding carboxylic acids is 1. The van der Waals surface area contributed by atoms with Crippen LogP contribution in [-0.4, -0.2) is 27.1 Å². The first-order chi connectivity index (χ1) is 13.8. The molecule has 0 radical (unpaired) electrons. The van der Waals surface area contributed by atoms with Crippen LogP contribution in [0.5, 0.6) is 11.5 Å². The first kappa shape index (κ1) is 20.4. The number of hydrogen-bond donors (Lipinski definition) is 1. The fourth-order valence-electron chi connectivity index (χ4n) is 2.78. The zero-order valence-electron chi connectivity index (χ0n) is 16.2. The van der Waals surface area contributed by atoms with Crippen LogP contribution in [-0.2, 0) is 14.8 Å². The van der Waals surface area contributed by atoms with Crippen molar-refractivity contribution in [2.75, 3.05) is 22.4 Å². The normalized spacial score (nSPS) is 11.0. The average Bonchev–Trinajstić information content (AvgIpc) is 2.69. The molecule has 0 fully saturated rings. The molecule has 3 rings (SSSR count). The van der Waals surface area contributed by atoms with E-state index in [4.69, 9.17) is 4.74 Å². The van der Waals surface area contributed by atoms with Gasteiger partial charge in [-0.15, -0.1) is 0 Å². The molecular formula is C22H22N2O4S. The Kier molecular flexibility index (Phi) is 6.19. The third-order valence-corrected chi connectivity index (χ3v) is 5.34. The van der Waals surface area contributed by atoms with Gasteiger partial charge in [-0.1, -0.05) is 48.5 Å². The van der Waals surface area contributed by atoms with Gasteiger partial charge in [-0.2, -0.15) is 0 Å². The van der Waals surface area contributed by atoms with Crippen molar-refractivity contribution in [1.29, 1.82) is 0 Å². The maximum absolute atomic E-state index is 12.6. The summed E-state index contributed by atoms with van der Waals surface area (Å²) in [5, 5.41) is 2.77. The summed E-state index contributed by atoms with van der Waals surface area (Å²) in [6.45, 7) is 1.50. The van der Waals surface area contributed by atoms with Gasteiger partial charge in [0.05, 0.1) is 11.9 Å². The van der Waals surface area contributed by atoms with Crippen molar-refractivity contribution in [3.05, 3.63) is 84.4 Å². The van der Waals surface area contributed by atoms with E-state index >= 15 is 0 Å². The molecule has 7 heteroatoms. The van der Waals surface area contributed by atoms with E-state index in [1.807, 2.05) is 37.3 Å². The summed E-state index contributed by atoms with van der Waals surface area (Å²) >= 11 is 0. The van der Waals surface area contributed by atoms with E-state index in [1.54, 1.807) is 48.5 Å². The molecule has 0 aliphatic heterocycles. The first-order valence-corrected chi connectivity index (χ1v) is 10.8. The molecule has 0 saturated heterocycles. The van der Waals surface area contributed by atoms with Gasteiger partial charge < -0.3 is 10.1 Å².